The highest BCUT2D eigenvalue weighted by Crippen LogP contribution is 2.39. The number of esters is 1. The third-order valence-corrected chi connectivity index (χ3v) is 5.91. The summed E-state index contributed by atoms with van der Waals surface area (Å²) >= 11 is 1.85. The summed E-state index contributed by atoms with van der Waals surface area (Å²) in [6.45, 7) is 8.11. The van der Waals surface area contributed by atoms with Crippen molar-refractivity contribution in [3.8, 4) is 0 Å². The van der Waals surface area contributed by atoms with Crippen LogP contribution in [0.5, 0.6) is 0 Å². The Hall–Kier alpha value is -1.94. The average molecular weight is 370 g/mol. The highest BCUT2D eigenvalue weighted by Gasteiger charge is 2.20. The number of benzene rings is 2. The van der Waals surface area contributed by atoms with Gasteiger partial charge in [-0.15, -0.1) is 11.8 Å². The Morgan fingerprint density at radius 1 is 1.27 bits per heavy atom. The topological polar surface area (TPSA) is 31.2 Å². The number of aryl methyl sites for hydroxylation is 2. The minimum Gasteiger partial charge on any atom is -0.463 e. The zero-order chi connectivity index (χ0) is 18.8. The van der Waals surface area contributed by atoms with Crippen LogP contribution in [-0.4, -0.2) is 22.4 Å². The van der Waals surface area contributed by atoms with Crippen molar-refractivity contribution >= 4 is 39.5 Å². The minimum absolute atomic E-state index is 0.0864. The first-order chi connectivity index (χ1) is 12.4. The lowest BCUT2D eigenvalue weighted by Gasteiger charge is -2.15. The van der Waals surface area contributed by atoms with Crippen LogP contribution in [0, 0.1) is 6.92 Å². The molecule has 3 rings (SSSR count). The quantitative estimate of drug-likeness (QED) is 0.416. The molecule has 0 N–H and O–H groups in total. The summed E-state index contributed by atoms with van der Waals surface area (Å²) in [7, 11) is 2.12. The molecule has 1 heterocycles. The molecule has 0 radical (unpaired) electrons. The number of nitrogens with zero attached hydrogens (tertiary/aromatic N) is 1. The maximum atomic E-state index is 12.3. The molecule has 26 heavy (non-hydrogen) atoms. The summed E-state index contributed by atoms with van der Waals surface area (Å²) in [5.74, 6) is 0.877. The standard InChI is InChI=1S/C22H27NO2S/c1-6-11-26-22-16(13-19(24)25-14(2)3)12-15(4)20-17-9-7-8-10-18(17)23(5)21(20)22/h7-10,12,14H,6,11,13H2,1-5H3. The van der Waals surface area contributed by atoms with E-state index in [1.165, 1.54) is 32.3 Å². The van der Waals surface area contributed by atoms with Crippen molar-refractivity contribution in [1.82, 2.24) is 4.57 Å². The van der Waals surface area contributed by atoms with Crippen LogP contribution in [0.4, 0.5) is 0 Å². The molecule has 0 aliphatic heterocycles. The van der Waals surface area contributed by atoms with Crippen LogP contribution in [0.3, 0.4) is 0 Å². The number of aromatic nitrogens is 1. The van der Waals surface area contributed by atoms with E-state index in [0.717, 1.165) is 17.7 Å². The number of para-hydroxylation sites is 1. The molecule has 2 aromatic carbocycles. The Bertz CT molecular complexity index is 956. The molecular weight excluding hydrogens is 342 g/mol. The summed E-state index contributed by atoms with van der Waals surface area (Å²) in [5, 5.41) is 2.57. The van der Waals surface area contributed by atoms with Crippen molar-refractivity contribution in [3.63, 3.8) is 0 Å². The maximum absolute atomic E-state index is 12.3. The van der Waals surface area contributed by atoms with Crippen LogP contribution in [0.2, 0.25) is 0 Å². The van der Waals surface area contributed by atoms with E-state index >= 15 is 0 Å². The van der Waals surface area contributed by atoms with E-state index in [-0.39, 0.29) is 12.1 Å². The molecule has 1 aromatic heterocycles. The van der Waals surface area contributed by atoms with Gasteiger partial charge in [0.1, 0.15) is 0 Å². The fraction of sp³-hybridized carbons (Fsp3) is 0.409. The lowest BCUT2D eigenvalue weighted by Crippen LogP contribution is -2.14. The molecule has 4 heteroatoms. The molecule has 0 spiro atoms. The summed E-state index contributed by atoms with van der Waals surface area (Å²) in [6.07, 6.45) is 1.33. The molecule has 0 saturated carbocycles. The molecule has 3 aromatic rings. The van der Waals surface area contributed by atoms with E-state index in [9.17, 15) is 4.79 Å². The van der Waals surface area contributed by atoms with Crippen LogP contribution in [-0.2, 0) is 23.0 Å². The van der Waals surface area contributed by atoms with Gasteiger partial charge in [-0.05, 0) is 50.1 Å². The first kappa shape index (κ1) is 18.8. The summed E-state index contributed by atoms with van der Waals surface area (Å²) in [4.78, 5) is 13.5. The normalized spacial score (nSPS) is 11.6. The second-order valence-corrected chi connectivity index (χ2v) is 8.15. The van der Waals surface area contributed by atoms with Crippen LogP contribution in [0.25, 0.3) is 21.8 Å². The molecule has 0 aliphatic rings. The Morgan fingerprint density at radius 3 is 2.69 bits per heavy atom. The van der Waals surface area contributed by atoms with Gasteiger partial charge in [0.05, 0.1) is 18.0 Å². The van der Waals surface area contributed by atoms with Gasteiger partial charge in [-0.1, -0.05) is 31.2 Å². The van der Waals surface area contributed by atoms with E-state index in [1.54, 1.807) is 0 Å². The Labute approximate surface area is 159 Å². The predicted octanol–water partition coefficient (Wildman–Crippen LogP) is 5.64. The predicted molar refractivity (Wildman–Crippen MR) is 111 cm³/mol. The highest BCUT2D eigenvalue weighted by molar-refractivity contribution is 7.99. The maximum Gasteiger partial charge on any atom is 0.310 e. The molecule has 138 valence electrons. The number of fused-ring (bicyclic) bond motifs is 3. The first-order valence-corrected chi connectivity index (χ1v) is 10.2. The third-order valence-electron chi connectivity index (χ3n) is 4.55. The zero-order valence-electron chi connectivity index (χ0n) is 16.3. The van der Waals surface area contributed by atoms with Gasteiger partial charge in [0.2, 0.25) is 0 Å². The molecule has 0 bridgehead atoms. The van der Waals surface area contributed by atoms with E-state index in [0.29, 0.717) is 6.42 Å². The monoisotopic (exact) mass is 369 g/mol. The van der Waals surface area contributed by atoms with Gasteiger partial charge in [-0.25, -0.2) is 0 Å². The largest absolute Gasteiger partial charge is 0.463 e. The number of ether oxygens (including phenoxy) is 1. The van der Waals surface area contributed by atoms with E-state index < -0.39 is 0 Å². The second-order valence-electron chi connectivity index (χ2n) is 7.05. The average Bonchev–Trinajstić information content (AvgIpc) is 2.88. The van der Waals surface area contributed by atoms with Crippen LogP contribution >= 0.6 is 11.8 Å². The van der Waals surface area contributed by atoms with Crippen LogP contribution in [0.1, 0.15) is 38.3 Å². The molecule has 0 unspecified atom stereocenters. The lowest BCUT2D eigenvalue weighted by atomic mass is 10.0. The molecule has 0 amide bonds. The molecule has 0 aliphatic carbocycles. The zero-order valence-corrected chi connectivity index (χ0v) is 17.1. The van der Waals surface area contributed by atoms with Crippen molar-refractivity contribution in [2.45, 2.75) is 51.5 Å². The van der Waals surface area contributed by atoms with Crippen molar-refractivity contribution in [2.24, 2.45) is 7.05 Å². The van der Waals surface area contributed by atoms with Crippen molar-refractivity contribution in [3.05, 3.63) is 41.5 Å². The number of thioether (sulfide) groups is 1. The number of carbonyl (C=O) groups is 1. The van der Waals surface area contributed by atoms with Crippen LogP contribution < -0.4 is 0 Å². The van der Waals surface area contributed by atoms with E-state index in [1.807, 2.05) is 25.6 Å². The van der Waals surface area contributed by atoms with Crippen molar-refractivity contribution < 1.29 is 9.53 Å². The third kappa shape index (κ3) is 3.48. The van der Waals surface area contributed by atoms with Gasteiger partial charge in [-0.3, -0.25) is 4.79 Å². The highest BCUT2D eigenvalue weighted by atomic mass is 32.2. The smallest absolute Gasteiger partial charge is 0.310 e. The molecule has 0 saturated heterocycles. The number of carbonyl (C=O) groups excluding carboxylic acids is 1. The van der Waals surface area contributed by atoms with E-state index in [4.69, 9.17) is 4.74 Å². The van der Waals surface area contributed by atoms with Gasteiger partial charge in [-0.2, -0.15) is 0 Å². The van der Waals surface area contributed by atoms with Crippen molar-refractivity contribution in [2.75, 3.05) is 5.75 Å². The Morgan fingerprint density at radius 2 is 2.00 bits per heavy atom. The summed E-state index contributed by atoms with van der Waals surface area (Å²) < 4.78 is 7.67. The van der Waals surface area contributed by atoms with Gasteiger partial charge in [0, 0.05) is 28.2 Å². The lowest BCUT2D eigenvalue weighted by molar-refractivity contribution is -0.146. The van der Waals surface area contributed by atoms with Crippen LogP contribution in [0.15, 0.2) is 35.2 Å². The number of hydrogen-bond donors (Lipinski definition) is 0. The molecule has 3 nitrogen and oxygen atoms in total. The first-order valence-electron chi connectivity index (χ1n) is 9.25. The van der Waals surface area contributed by atoms with E-state index in [2.05, 4.69) is 55.8 Å². The minimum atomic E-state index is -0.157. The summed E-state index contributed by atoms with van der Waals surface area (Å²) in [5.41, 5.74) is 4.75. The van der Waals surface area contributed by atoms with Crippen molar-refractivity contribution in [1.29, 1.82) is 0 Å². The summed E-state index contributed by atoms with van der Waals surface area (Å²) in [6, 6.07) is 10.7. The number of hydrogen-bond acceptors (Lipinski definition) is 3. The SMILES string of the molecule is CCCSc1c(CC(=O)OC(C)C)cc(C)c2c3ccccc3n(C)c12. The van der Waals surface area contributed by atoms with Gasteiger partial charge >= 0.3 is 5.97 Å². The fourth-order valence-corrected chi connectivity index (χ4v) is 4.67. The molecule has 0 atom stereocenters. The second kappa shape index (κ2) is 7.75. The Kier molecular flexibility index (Phi) is 5.61. The van der Waals surface area contributed by atoms with Gasteiger partial charge in [0.15, 0.2) is 0 Å². The molecular formula is C22H27NO2S. The van der Waals surface area contributed by atoms with Gasteiger partial charge < -0.3 is 9.30 Å². The number of rotatable bonds is 6. The van der Waals surface area contributed by atoms with Gasteiger partial charge in [0.25, 0.3) is 0 Å². The Balaban J connectivity index is 2.23. The fourth-order valence-electron chi connectivity index (χ4n) is 3.57. The molecule has 0 fully saturated rings.